The molecule has 1 aliphatic carbocycles. The van der Waals surface area contributed by atoms with Gasteiger partial charge in [-0.05, 0) is 37.8 Å². The van der Waals surface area contributed by atoms with Crippen LogP contribution in [0.2, 0.25) is 0 Å². The highest BCUT2D eigenvalue weighted by atomic mass is 32.2. The molecule has 1 aromatic rings. The van der Waals surface area contributed by atoms with Gasteiger partial charge in [0.2, 0.25) is 5.91 Å². The zero-order chi connectivity index (χ0) is 14.4. The summed E-state index contributed by atoms with van der Waals surface area (Å²) in [4.78, 5) is 18.2. The third-order valence-corrected chi connectivity index (χ3v) is 5.05. The van der Waals surface area contributed by atoms with Crippen molar-refractivity contribution >= 4 is 17.7 Å². The minimum atomic E-state index is 0.0862. The summed E-state index contributed by atoms with van der Waals surface area (Å²) in [6, 6.07) is 4.39. The Labute approximate surface area is 125 Å². The van der Waals surface area contributed by atoms with Crippen LogP contribution < -0.4 is 5.32 Å². The molecule has 1 aliphatic rings. The van der Waals surface area contributed by atoms with Crippen molar-refractivity contribution in [2.75, 3.05) is 19.8 Å². The zero-order valence-corrected chi connectivity index (χ0v) is 13.0. The molecule has 0 unspecified atom stereocenters. The number of nitrogens with zero attached hydrogens (tertiary/aromatic N) is 2. The molecule has 1 aromatic heterocycles. The van der Waals surface area contributed by atoms with Crippen LogP contribution in [-0.4, -0.2) is 46.9 Å². The van der Waals surface area contributed by atoms with Crippen LogP contribution in [-0.2, 0) is 11.3 Å². The quantitative estimate of drug-likeness (QED) is 0.870. The minimum absolute atomic E-state index is 0.0862. The van der Waals surface area contributed by atoms with Crippen molar-refractivity contribution in [3.8, 4) is 0 Å². The molecule has 0 bridgehead atoms. The summed E-state index contributed by atoms with van der Waals surface area (Å²) in [5.74, 6) is 0.0862. The number of carbonyl (C=O) groups is 1. The number of likely N-dealkylation sites (N-methyl/N-ethyl adjacent to an activating group) is 1. The van der Waals surface area contributed by atoms with Gasteiger partial charge < -0.3 is 5.32 Å². The van der Waals surface area contributed by atoms with Gasteiger partial charge in [0.25, 0.3) is 0 Å². The number of rotatable bonds is 6. The van der Waals surface area contributed by atoms with Crippen LogP contribution in [0.3, 0.4) is 0 Å². The Kier molecular flexibility index (Phi) is 5.86. The highest BCUT2D eigenvalue weighted by Crippen LogP contribution is 2.31. The van der Waals surface area contributed by atoms with Crippen molar-refractivity contribution in [1.29, 1.82) is 0 Å². The molecule has 1 saturated carbocycles. The summed E-state index contributed by atoms with van der Waals surface area (Å²) in [6.45, 7) is 1.03. The van der Waals surface area contributed by atoms with E-state index >= 15 is 0 Å². The fourth-order valence-electron chi connectivity index (χ4n) is 2.79. The van der Waals surface area contributed by atoms with E-state index in [9.17, 15) is 4.79 Å². The largest absolute Gasteiger partial charge is 0.351 e. The van der Waals surface area contributed by atoms with Gasteiger partial charge in [-0.1, -0.05) is 12.5 Å². The molecule has 2 atom stereocenters. The molecule has 1 amide bonds. The molecule has 1 N–H and O–H groups in total. The van der Waals surface area contributed by atoms with E-state index in [2.05, 4.69) is 28.5 Å². The number of hydrogen-bond donors (Lipinski definition) is 1. The molecular weight excluding hydrogens is 270 g/mol. The van der Waals surface area contributed by atoms with Crippen LogP contribution in [0, 0.1) is 0 Å². The van der Waals surface area contributed by atoms with Crippen LogP contribution in [0.4, 0.5) is 0 Å². The first kappa shape index (κ1) is 15.3. The minimum Gasteiger partial charge on any atom is -0.351 e. The lowest BCUT2D eigenvalue weighted by Crippen LogP contribution is -2.42. The lowest BCUT2D eigenvalue weighted by atomic mass is 10.2. The Morgan fingerprint density at radius 3 is 3.10 bits per heavy atom. The van der Waals surface area contributed by atoms with Crippen LogP contribution in [0.25, 0.3) is 0 Å². The second kappa shape index (κ2) is 7.64. The smallest absolute Gasteiger partial charge is 0.234 e. The molecule has 2 rings (SSSR count). The Morgan fingerprint density at radius 1 is 1.55 bits per heavy atom. The summed E-state index contributed by atoms with van der Waals surface area (Å²) in [5.41, 5.74) is 1.03. The van der Waals surface area contributed by atoms with Crippen molar-refractivity contribution in [3.63, 3.8) is 0 Å². The topological polar surface area (TPSA) is 45.2 Å². The number of amides is 1. The summed E-state index contributed by atoms with van der Waals surface area (Å²) in [5, 5.41) is 3.63. The fourth-order valence-corrected chi connectivity index (χ4v) is 3.85. The summed E-state index contributed by atoms with van der Waals surface area (Å²) >= 11 is 1.92. The molecule has 0 saturated heterocycles. The van der Waals surface area contributed by atoms with Crippen molar-refractivity contribution < 1.29 is 4.79 Å². The fraction of sp³-hybridized carbons (Fsp3) is 0.600. The monoisotopic (exact) mass is 293 g/mol. The molecule has 4 nitrogen and oxygen atoms in total. The maximum Gasteiger partial charge on any atom is 0.234 e. The van der Waals surface area contributed by atoms with E-state index < -0.39 is 0 Å². The molecule has 0 radical (unpaired) electrons. The standard InChI is InChI=1S/C15H23N3OS/c1-18(13-6-3-7-14(13)20-2)11-15(19)17-10-12-5-4-8-16-9-12/h4-5,8-9,13-14H,3,6-7,10-11H2,1-2H3,(H,17,19)/t13-,14+/m1/s1. The first-order valence-corrected chi connectivity index (χ1v) is 8.38. The molecule has 5 heteroatoms. The van der Waals surface area contributed by atoms with Gasteiger partial charge in [0, 0.05) is 30.2 Å². The lowest BCUT2D eigenvalue weighted by molar-refractivity contribution is -0.122. The third-order valence-electron chi connectivity index (χ3n) is 3.89. The number of pyridine rings is 1. The van der Waals surface area contributed by atoms with Crippen LogP contribution in [0.1, 0.15) is 24.8 Å². The van der Waals surface area contributed by atoms with Crippen molar-refractivity contribution in [3.05, 3.63) is 30.1 Å². The number of thioether (sulfide) groups is 1. The molecule has 1 fully saturated rings. The van der Waals surface area contributed by atoms with E-state index in [0.717, 1.165) is 5.56 Å². The number of carbonyl (C=O) groups excluding carboxylic acids is 1. The van der Waals surface area contributed by atoms with Gasteiger partial charge in [-0.25, -0.2) is 0 Å². The molecule has 0 aliphatic heterocycles. The van der Waals surface area contributed by atoms with E-state index in [0.29, 0.717) is 24.4 Å². The summed E-state index contributed by atoms with van der Waals surface area (Å²) < 4.78 is 0. The molecule has 1 heterocycles. The van der Waals surface area contributed by atoms with E-state index in [1.165, 1.54) is 19.3 Å². The number of nitrogens with one attached hydrogen (secondary N) is 1. The van der Waals surface area contributed by atoms with Crippen LogP contribution in [0.5, 0.6) is 0 Å². The maximum absolute atomic E-state index is 12.0. The number of hydrogen-bond acceptors (Lipinski definition) is 4. The van der Waals surface area contributed by atoms with E-state index in [4.69, 9.17) is 0 Å². The Hall–Kier alpha value is -1.07. The first-order valence-electron chi connectivity index (χ1n) is 7.09. The van der Waals surface area contributed by atoms with Gasteiger partial charge >= 0.3 is 0 Å². The van der Waals surface area contributed by atoms with Crippen LogP contribution in [0.15, 0.2) is 24.5 Å². The highest BCUT2D eigenvalue weighted by molar-refractivity contribution is 7.99. The predicted octanol–water partition coefficient (Wildman–Crippen LogP) is 1.91. The Balaban J connectivity index is 1.76. The number of aromatic nitrogens is 1. The molecule has 0 spiro atoms. The van der Waals surface area contributed by atoms with Gasteiger partial charge in [0.1, 0.15) is 0 Å². The lowest BCUT2D eigenvalue weighted by Gasteiger charge is -2.28. The third kappa shape index (κ3) is 4.21. The average molecular weight is 293 g/mol. The van der Waals surface area contributed by atoms with Crippen molar-refractivity contribution in [2.24, 2.45) is 0 Å². The second-order valence-electron chi connectivity index (χ2n) is 5.33. The van der Waals surface area contributed by atoms with Gasteiger partial charge in [-0.3, -0.25) is 14.7 Å². The maximum atomic E-state index is 12.0. The van der Waals surface area contributed by atoms with Gasteiger partial charge in [0.15, 0.2) is 0 Å². The van der Waals surface area contributed by atoms with Crippen molar-refractivity contribution in [2.45, 2.75) is 37.1 Å². The Morgan fingerprint density at radius 2 is 2.40 bits per heavy atom. The first-order chi connectivity index (χ1) is 9.70. The van der Waals surface area contributed by atoms with Crippen molar-refractivity contribution in [1.82, 2.24) is 15.2 Å². The normalized spacial score (nSPS) is 22.1. The van der Waals surface area contributed by atoms with Gasteiger partial charge in [-0.2, -0.15) is 11.8 Å². The zero-order valence-electron chi connectivity index (χ0n) is 12.2. The average Bonchev–Trinajstić information content (AvgIpc) is 2.95. The predicted molar refractivity (Wildman–Crippen MR) is 83.7 cm³/mol. The van der Waals surface area contributed by atoms with Gasteiger partial charge in [0.05, 0.1) is 6.54 Å². The van der Waals surface area contributed by atoms with Gasteiger partial charge in [-0.15, -0.1) is 0 Å². The molecule has 110 valence electrons. The van der Waals surface area contributed by atoms with E-state index in [-0.39, 0.29) is 5.91 Å². The van der Waals surface area contributed by atoms with E-state index in [1.807, 2.05) is 23.9 Å². The Bertz CT molecular complexity index is 426. The van der Waals surface area contributed by atoms with E-state index in [1.54, 1.807) is 12.4 Å². The summed E-state index contributed by atoms with van der Waals surface area (Å²) in [6.07, 6.45) is 9.44. The van der Waals surface area contributed by atoms with Crippen LogP contribution >= 0.6 is 11.8 Å². The summed E-state index contributed by atoms with van der Waals surface area (Å²) in [7, 11) is 2.06. The second-order valence-corrected chi connectivity index (χ2v) is 6.40. The highest BCUT2D eigenvalue weighted by Gasteiger charge is 2.30. The SMILES string of the molecule is CS[C@H]1CCC[C@H]1N(C)CC(=O)NCc1cccnc1. The molecular formula is C15H23N3OS. The molecule has 0 aromatic carbocycles. The molecule has 20 heavy (non-hydrogen) atoms.